The number of amides is 1. The average Bonchev–Trinajstić information content (AvgIpc) is 3.22. The first-order valence-electron chi connectivity index (χ1n) is 12.9. The zero-order valence-electron chi connectivity index (χ0n) is 24.1. The van der Waals surface area contributed by atoms with E-state index >= 15 is 0 Å². The highest BCUT2D eigenvalue weighted by Crippen LogP contribution is 2.35. The highest BCUT2D eigenvalue weighted by molar-refractivity contribution is 5.91. The lowest BCUT2D eigenvalue weighted by Gasteiger charge is -2.29. The van der Waals surface area contributed by atoms with E-state index in [0.29, 0.717) is 4.68 Å². The number of carbonyl (C=O) groups excluding carboxylic acids is 2. The molecular formula is C28H34F4N4O6. The number of nitrogens with zero attached hydrogens (tertiary/aromatic N) is 3. The number of benzene rings is 2. The molecule has 1 atom stereocenters. The van der Waals surface area contributed by atoms with Crippen molar-refractivity contribution < 1.29 is 46.5 Å². The predicted molar refractivity (Wildman–Crippen MR) is 145 cm³/mol. The number of ether oxygens (including phenoxy) is 3. The number of alkyl halides is 3. The van der Waals surface area contributed by atoms with Crippen molar-refractivity contribution in [2.45, 2.75) is 65.0 Å². The molecule has 42 heavy (non-hydrogen) atoms. The van der Waals surface area contributed by atoms with Gasteiger partial charge in [-0.05, 0) is 71.4 Å². The van der Waals surface area contributed by atoms with Crippen LogP contribution in [-0.2, 0) is 15.7 Å². The molecule has 1 aromatic heterocycles. The van der Waals surface area contributed by atoms with Crippen molar-refractivity contribution in [1.82, 2.24) is 14.7 Å². The molecule has 0 aliphatic heterocycles. The van der Waals surface area contributed by atoms with Crippen molar-refractivity contribution >= 4 is 28.8 Å². The molecule has 0 fully saturated rings. The summed E-state index contributed by atoms with van der Waals surface area (Å²) < 4.78 is 71.3. The number of aromatic nitrogens is 2. The molecule has 0 saturated carbocycles. The van der Waals surface area contributed by atoms with Gasteiger partial charge in [0.2, 0.25) is 0 Å². The van der Waals surface area contributed by atoms with Crippen molar-refractivity contribution in [2.75, 3.05) is 25.4 Å². The maximum absolute atomic E-state index is 13.6. The van der Waals surface area contributed by atoms with Crippen molar-refractivity contribution in [2.24, 2.45) is 0 Å². The molecule has 1 heterocycles. The van der Waals surface area contributed by atoms with Crippen LogP contribution in [0.1, 0.15) is 58.9 Å². The van der Waals surface area contributed by atoms with E-state index in [1.807, 2.05) is 0 Å². The first-order chi connectivity index (χ1) is 19.2. The SMILES string of the molecule is CC(C)(C)OC(=O)N(CCOc1ccc2c(C(F)(F)F)nn(C(=O)OC(C)(C)C)c2c1)CC(O)c1ccc(F)c(N)c1. The summed E-state index contributed by atoms with van der Waals surface area (Å²) in [6, 6.07) is 7.27. The Bertz CT molecular complexity index is 1440. The van der Waals surface area contributed by atoms with Crippen LogP contribution < -0.4 is 10.5 Å². The third kappa shape index (κ3) is 8.47. The van der Waals surface area contributed by atoms with Crippen LogP contribution in [0.3, 0.4) is 0 Å². The van der Waals surface area contributed by atoms with E-state index in [1.54, 1.807) is 41.5 Å². The van der Waals surface area contributed by atoms with E-state index in [1.165, 1.54) is 29.2 Å². The molecule has 0 spiro atoms. The number of rotatable bonds is 7. The fraction of sp³-hybridized carbons (Fsp3) is 0.464. The van der Waals surface area contributed by atoms with Crippen LogP contribution in [0.4, 0.5) is 32.8 Å². The lowest BCUT2D eigenvalue weighted by molar-refractivity contribution is -0.140. The van der Waals surface area contributed by atoms with Crippen LogP contribution in [0.15, 0.2) is 36.4 Å². The topological polar surface area (TPSA) is 129 Å². The van der Waals surface area contributed by atoms with Gasteiger partial charge >= 0.3 is 18.4 Å². The monoisotopic (exact) mass is 598 g/mol. The summed E-state index contributed by atoms with van der Waals surface area (Å²) in [4.78, 5) is 26.7. The Morgan fingerprint density at radius 1 is 1.02 bits per heavy atom. The van der Waals surface area contributed by atoms with Gasteiger partial charge in [0.15, 0.2) is 5.69 Å². The van der Waals surface area contributed by atoms with E-state index in [2.05, 4.69) is 5.10 Å². The Balaban J connectivity index is 1.83. The van der Waals surface area contributed by atoms with Gasteiger partial charge in [0.05, 0.1) is 30.4 Å². The van der Waals surface area contributed by atoms with Gasteiger partial charge in [0.1, 0.15) is 29.4 Å². The van der Waals surface area contributed by atoms with Gasteiger partial charge in [0, 0.05) is 11.5 Å². The number of carbonyl (C=O) groups is 2. The van der Waals surface area contributed by atoms with Gasteiger partial charge in [-0.15, -0.1) is 0 Å². The molecule has 14 heteroatoms. The number of anilines is 1. The lowest BCUT2D eigenvalue weighted by atomic mass is 10.1. The number of fused-ring (bicyclic) bond motifs is 1. The lowest BCUT2D eigenvalue weighted by Crippen LogP contribution is -2.41. The summed E-state index contributed by atoms with van der Waals surface area (Å²) in [6.45, 7) is 9.13. The standard InChI is InChI=1S/C28H34F4N4O6/c1-26(2,3)41-24(38)35(15-22(37)16-7-10-19(29)20(33)13-16)11-12-40-17-8-9-18-21(14-17)36(25(39)42-27(4,5)6)34-23(18)28(30,31)32/h7-10,13-14,22,37H,11-12,15,33H2,1-6H3. The third-order valence-electron chi connectivity index (χ3n) is 5.57. The molecule has 0 aliphatic rings. The van der Waals surface area contributed by atoms with Crippen LogP contribution in [-0.4, -0.2) is 62.9 Å². The van der Waals surface area contributed by atoms with Crippen molar-refractivity contribution in [1.29, 1.82) is 0 Å². The van der Waals surface area contributed by atoms with Crippen molar-refractivity contribution in [3.8, 4) is 5.75 Å². The Morgan fingerprint density at radius 2 is 1.67 bits per heavy atom. The molecule has 0 radical (unpaired) electrons. The van der Waals surface area contributed by atoms with Gasteiger partial charge in [-0.1, -0.05) is 6.07 Å². The van der Waals surface area contributed by atoms with Crippen molar-refractivity contribution in [3.63, 3.8) is 0 Å². The minimum Gasteiger partial charge on any atom is -0.492 e. The van der Waals surface area contributed by atoms with Gasteiger partial charge in [-0.3, -0.25) is 0 Å². The van der Waals surface area contributed by atoms with Gasteiger partial charge < -0.3 is 30.0 Å². The van der Waals surface area contributed by atoms with Gasteiger partial charge in [-0.25, -0.2) is 14.0 Å². The van der Waals surface area contributed by atoms with Crippen molar-refractivity contribution in [3.05, 3.63) is 53.5 Å². The van der Waals surface area contributed by atoms with E-state index in [4.69, 9.17) is 19.9 Å². The van der Waals surface area contributed by atoms with E-state index in [-0.39, 0.29) is 47.6 Å². The summed E-state index contributed by atoms with van der Waals surface area (Å²) in [5.41, 5.74) is 2.39. The summed E-state index contributed by atoms with van der Waals surface area (Å²) in [7, 11) is 0. The zero-order valence-corrected chi connectivity index (χ0v) is 24.1. The number of hydrogen-bond donors (Lipinski definition) is 2. The molecule has 10 nitrogen and oxygen atoms in total. The maximum atomic E-state index is 13.6. The Labute approximate surface area is 239 Å². The molecule has 0 saturated heterocycles. The second-order valence-electron chi connectivity index (χ2n) is 11.5. The fourth-order valence-corrected chi connectivity index (χ4v) is 3.78. The summed E-state index contributed by atoms with van der Waals surface area (Å²) >= 11 is 0. The highest BCUT2D eigenvalue weighted by Gasteiger charge is 2.38. The molecule has 1 unspecified atom stereocenters. The second kappa shape index (κ2) is 12.0. The van der Waals surface area contributed by atoms with Gasteiger partial charge in [-0.2, -0.15) is 23.0 Å². The predicted octanol–water partition coefficient (Wildman–Crippen LogP) is 5.91. The third-order valence-corrected chi connectivity index (χ3v) is 5.57. The normalized spacial score (nSPS) is 13.1. The second-order valence-corrected chi connectivity index (χ2v) is 11.5. The molecule has 0 aliphatic carbocycles. The summed E-state index contributed by atoms with van der Waals surface area (Å²) in [5, 5.41) is 13.8. The Kier molecular flexibility index (Phi) is 9.30. The number of hydrogen-bond acceptors (Lipinski definition) is 8. The number of nitrogen functional groups attached to an aromatic ring is 1. The summed E-state index contributed by atoms with van der Waals surface area (Å²) in [5.74, 6) is -0.576. The molecule has 1 amide bonds. The average molecular weight is 599 g/mol. The number of aliphatic hydroxyl groups is 1. The molecular weight excluding hydrogens is 564 g/mol. The van der Waals surface area contributed by atoms with E-state index in [9.17, 15) is 32.3 Å². The first kappa shape index (κ1) is 32.4. The minimum atomic E-state index is -4.84. The van der Waals surface area contributed by atoms with E-state index < -0.39 is 47.2 Å². The molecule has 3 rings (SSSR count). The summed E-state index contributed by atoms with van der Waals surface area (Å²) in [6.07, 6.45) is -7.96. The van der Waals surface area contributed by atoms with Crippen LogP contribution >= 0.6 is 0 Å². The zero-order chi connectivity index (χ0) is 31.6. The Hall–Kier alpha value is -4.07. The van der Waals surface area contributed by atoms with Gasteiger partial charge in [0.25, 0.3) is 0 Å². The largest absolute Gasteiger partial charge is 0.492 e. The minimum absolute atomic E-state index is 0.0805. The molecule has 3 aromatic rings. The number of nitrogens with two attached hydrogens (primary N) is 1. The molecule has 230 valence electrons. The molecule has 0 bridgehead atoms. The Morgan fingerprint density at radius 3 is 2.24 bits per heavy atom. The quantitative estimate of drug-likeness (QED) is 0.254. The maximum Gasteiger partial charge on any atom is 0.435 e. The van der Waals surface area contributed by atoms with Crippen LogP contribution in [0.5, 0.6) is 5.75 Å². The molecule has 2 aromatic carbocycles. The number of aliphatic hydroxyl groups excluding tert-OH is 1. The first-order valence-corrected chi connectivity index (χ1v) is 12.9. The van der Waals surface area contributed by atoms with E-state index in [0.717, 1.165) is 12.1 Å². The fourth-order valence-electron chi connectivity index (χ4n) is 3.78. The smallest absolute Gasteiger partial charge is 0.435 e. The number of halogens is 4. The van der Waals surface area contributed by atoms with Crippen LogP contribution in [0.2, 0.25) is 0 Å². The molecule has 3 N–H and O–H groups in total. The highest BCUT2D eigenvalue weighted by atomic mass is 19.4. The van der Waals surface area contributed by atoms with Crippen LogP contribution in [0, 0.1) is 5.82 Å². The van der Waals surface area contributed by atoms with Crippen LogP contribution in [0.25, 0.3) is 10.9 Å².